The number of hydrogen-bond acceptors (Lipinski definition) is 2. The van der Waals surface area contributed by atoms with E-state index >= 15 is 0 Å². The largest absolute Gasteiger partial charge is 0.550 e. The number of carbonyl (C=O) groups excluding carboxylic acids is 1. The van der Waals surface area contributed by atoms with Crippen LogP contribution in [0.2, 0.25) is 0 Å². The molecule has 0 aliphatic rings. The van der Waals surface area contributed by atoms with Gasteiger partial charge in [0.05, 0.1) is 26.2 Å². The van der Waals surface area contributed by atoms with Crippen molar-refractivity contribution in [1.82, 2.24) is 0 Å². The Balaban J connectivity index is 0. The van der Waals surface area contributed by atoms with Crippen molar-refractivity contribution in [1.29, 1.82) is 0 Å². The first-order chi connectivity index (χ1) is 10.0. The van der Waals surface area contributed by atoms with E-state index in [-0.39, 0.29) is 6.42 Å². The van der Waals surface area contributed by atoms with Crippen molar-refractivity contribution in [3.63, 3.8) is 0 Å². The van der Waals surface area contributed by atoms with Crippen LogP contribution in [-0.4, -0.2) is 36.6 Å². The summed E-state index contributed by atoms with van der Waals surface area (Å²) in [5.41, 5.74) is 0. The average Bonchev–Trinajstić information content (AvgIpc) is 2.40. The Bertz CT molecular complexity index is 200. The van der Waals surface area contributed by atoms with E-state index in [1.807, 2.05) is 6.92 Å². The molecule has 3 heteroatoms. The van der Waals surface area contributed by atoms with Crippen molar-refractivity contribution in [3.8, 4) is 0 Å². The molecule has 0 fully saturated rings. The summed E-state index contributed by atoms with van der Waals surface area (Å²) in [5.74, 6) is -0.932. The molecule has 0 spiro atoms. The van der Waals surface area contributed by atoms with Crippen molar-refractivity contribution in [2.75, 3.05) is 26.2 Å². The first-order valence-electron chi connectivity index (χ1n) is 9.06. The lowest BCUT2D eigenvalue weighted by Crippen LogP contribution is -2.50. The van der Waals surface area contributed by atoms with Gasteiger partial charge < -0.3 is 14.4 Å². The molecule has 0 aliphatic carbocycles. The molecule has 0 N–H and O–H groups in total. The van der Waals surface area contributed by atoms with Gasteiger partial charge in [0.25, 0.3) is 0 Å². The predicted molar refractivity (Wildman–Crippen MR) is 90.0 cm³/mol. The van der Waals surface area contributed by atoms with Gasteiger partial charge >= 0.3 is 0 Å². The van der Waals surface area contributed by atoms with Crippen LogP contribution in [-0.2, 0) is 4.79 Å². The van der Waals surface area contributed by atoms with Crippen LogP contribution in [0.4, 0.5) is 0 Å². The molecule has 128 valence electrons. The molecule has 0 amide bonds. The number of carboxylic acid groups (broad SMARTS) is 1. The van der Waals surface area contributed by atoms with E-state index in [9.17, 15) is 9.90 Å². The minimum atomic E-state index is -0.932. The summed E-state index contributed by atoms with van der Waals surface area (Å²) < 4.78 is 1.38. The van der Waals surface area contributed by atoms with Gasteiger partial charge in [0.1, 0.15) is 0 Å². The molecule has 0 bridgehead atoms. The quantitative estimate of drug-likeness (QED) is 0.407. The molecule has 21 heavy (non-hydrogen) atoms. The molecular formula is C18H39NO2. The van der Waals surface area contributed by atoms with E-state index in [1.54, 1.807) is 0 Å². The molecule has 0 rings (SSSR count). The van der Waals surface area contributed by atoms with Gasteiger partial charge in [-0.25, -0.2) is 0 Å². The number of nitrogens with zero attached hydrogens (tertiary/aromatic N) is 1. The fraction of sp³-hybridized carbons (Fsp3) is 0.944. The molecule has 3 nitrogen and oxygen atoms in total. The summed E-state index contributed by atoms with van der Waals surface area (Å²) >= 11 is 0. The van der Waals surface area contributed by atoms with E-state index in [1.165, 1.54) is 56.3 Å². The maximum atomic E-state index is 9.76. The Morgan fingerprint density at radius 2 is 1.10 bits per heavy atom. The highest BCUT2D eigenvalue weighted by atomic mass is 16.4. The lowest BCUT2D eigenvalue weighted by Gasteiger charge is -2.38. The highest BCUT2D eigenvalue weighted by molar-refractivity contribution is 5.63. The molecule has 0 aromatic carbocycles. The Kier molecular flexibility index (Phi) is 17.1. The average molecular weight is 302 g/mol. The van der Waals surface area contributed by atoms with E-state index in [0.29, 0.717) is 0 Å². The smallest absolute Gasteiger partial charge is 0.0783 e. The second kappa shape index (κ2) is 15.8. The van der Waals surface area contributed by atoms with E-state index in [4.69, 9.17) is 0 Å². The Morgan fingerprint density at radius 3 is 1.33 bits per heavy atom. The number of rotatable bonds is 12. The predicted octanol–water partition coefficient (Wildman–Crippen LogP) is 3.76. The van der Waals surface area contributed by atoms with Gasteiger partial charge in [0.15, 0.2) is 0 Å². The van der Waals surface area contributed by atoms with Crippen molar-refractivity contribution in [2.24, 2.45) is 0 Å². The van der Waals surface area contributed by atoms with Crippen molar-refractivity contribution in [3.05, 3.63) is 0 Å². The van der Waals surface area contributed by atoms with Gasteiger partial charge in [-0.05, 0) is 38.5 Å². The summed E-state index contributed by atoms with van der Waals surface area (Å²) in [6.07, 6.45) is 8.37. The molecular weight excluding hydrogens is 262 g/mol. The number of carboxylic acids is 1. The second-order valence-electron chi connectivity index (χ2n) is 6.07. The normalized spacial score (nSPS) is 10.9. The van der Waals surface area contributed by atoms with Crippen molar-refractivity contribution < 1.29 is 14.4 Å². The molecule has 0 aliphatic heterocycles. The van der Waals surface area contributed by atoms with Crippen LogP contribution in [0.3, 0.4) is 0 Å². The topological polar surface area (TPSA) is 40.1 Å². The van der Waals surface area contributed by atoms with Gasteiger partial charge in [0.2, 0.25) is 0 Å². The van der Waals surface area contributed by atoms with Crippen molar-refractivity contribution in [2.45, 2.75) is 86.0 Å². The zero-order chi connectivity index (χ0) is 16.6. The summed E-state index contributed by atoms with van der Waals surface area (Å²) in [6, 6.07) is 0. The molecule has 0 aromatic rings. The molecule has 0 unspecified atom stereocenters. The SMILES string of the molecule is CCCCCC(=O)[O-].CCC[N+](CCC)(CCC)CCC. The molecule has 0 radical (unpaired) electrons. The third-order valence-electron chi connectivity index (χ3n) is 3.78. The highest BCUT2D eigenvalue weighted by Gasteiger charge is 2.22. The monoisotopic (exact) mass is 301 g/mol. The van der Waals surface area contributed by atoms with Crippen LogP contribution in [0.15, 0.2) is 0 Å². The van der Waals surface area contributed by atoms with E-state index in [2.05, 4.69) is 27.7 Å². The minimum Gasteiger partial charge on any atom is -0.550 e. The summed E-state index contributed by atoms with van der Waals surface area (Å²) in [7, 11) is 0. The number of hydrogen-bond donors (Lipinski definition) is 0. The second-order valence-corrected chi connectivity index (χ2v) is 6.07. The third kappa shape index (κ3) is 14.1. The maximum Gasteiger partial charge on any atom is 0.0783 e. The van der Waals surface area contributed by atoms with Crippen LogP contribution < -0.4 is 5.11 Å². The fourth-order valence-corrected chi connectivity index (χ4v) is 3.09. The van der Waals surface area contributed by atoms with Gasteiger partial charge in [-0.15, -0.1) is 0 Å². The zero-order valence-electron chi connectivity index (χ0n) is 15.2. The lowest BCUT2D eigenvalue weighted by atomic mass is 10.2. The third-order valence-corrected chi connectivity index (χ3v) is 3.78. The van der Waals surface area contributed by atoms with Crippen LogP contribution in [0.25, 0.3) is 0 Å². The summed E-state index contributed by atoms with van der Waals surface area (Å²) in [6.45, 7) is 16.8. The van der Waals surface area contributed by atoms with Gasteiger partial charge in [0, 0.05) is 5.97 Å². The van der Waals surface area contributed by atoms with Gasteiger partial charge in [-0.1, -0.05) is 47.5 Å². The van der Waals surface area contributed by atoms with Crippen LogP contribution in [0, 0.1) is 0 Å². The van der Waals surface area contributed by atoms with Crippen molar-refractivity contribution >= 4 is 5.97 Å². The van der Waals surface area contributed by atoms with Gasteiger partial charge in [-0.2, -0.15) is 0 Å². The first kappa shape index (κ1) is 22.7. The van der Waals surface area contributed by atoms with E-state index < -0.39 is 5.97 Å². The maximum absolute atomic E-state index is 9.76. The lowest BCUT2D eigenvalue weighted by molar-refractivity contribution is -0.928. The molecule has 0 saturated carbocycles. The first-order valence-corrected chi connectivity index (χ1v) is 9.06. The van der Waals surface area contributed by atoms with Crippen LogP contribution in [0.1, 0.15) is 86.0 Å². The molecule has 0 aromatic heterocycles. The number of quaternary nitrogens is 1. The fourth-order valence-electron chi connectivity index (χ4n) is 3.09. The van der Waals surface area contributed by atoms with Crippen LogP contribution >= 0.6 is 0 Å². The standard InChI is InChI=1S/C12H28N.C6H12O2/c1-5-9-13(10-6-2,11-7-3)12-8-4;1-2-3-4-5-6(7)8/h5-12H2,1-4H3;2-5H2,1H3,(H,7,8)/q+1;/p-1. The zero-order valence-corrected chi connectivity index (χ0v) is 15.2. The minimum absolute atomic E-state index is 0.216. The Labute approximate surface area is 133 Å². The van der Waals surface area contributed by atoms with Gasteiger partial charge in [-0.3, -0.25) is 0 Å². The van der Waals surface area contributed by atoms with E-state index in [0.717, 1.165) is 19.3 Å². The molecule has 0 saturated heterocycles. The summed E-state index contributed by atoms with van der Waals surface area (Å²) in [5, 5.41) is 9.76. The molecule has 0 atom stereocenters. The Hall–Kier alpha value is -0.570. The molecule has 0 heterocycles. The number of aliphatic carboxylic acids is 1. The summed E-state index contributed by atoms with van der Waals surface area (Å²) in [4.78, 5) is 9.76. The number of unbranched alkanes of at least 4 members (excludes halogenated alkanes) is 2. The Morgan fingerprint density at radius 1 is 0.714 bits per heavy atom. The van der Waals surface area contributed by atoms with Crippen LogP contribution in [0.5, 0.6) is 0 Å². The number of carbonyl (C=O) groups is 1. The highest BCUT2D eigenvalue weighted by Crippen LogP contribution is 2.12.